The standard InChI is InChI=1S/2C21H36.8C2H6.2CH3.4ClH.2Zr/c1-21(2,19-13-11-15-7-3-5-9-17(15)19)20-14-12-16-8-4-6-10-18(16)20;1-21(2,15-9-3-4-10-15)20-18-13-7-5-11-16(18)17-12-6-8-14-19(17)20;8*1-2;;;;;;;;/h2*15-20H,3-14H2,1-2H3;8*1-2H3;2*1H3;4*1H;;/q;;;;;;;;;;2*-1;;;;;2*+2/p-4. The van der Waals surface area contributed by atoms with E-state index in [0.717, 1.165) is 71.0 Å². The van der Waals surface area contributed by atoms with Crippen molar-refractivity contribution in [1.29, 1.82) is 0 Å². The third-order valence-electron chi connectivity index (χ3n) is 17.1. The SMILES string of the molecule is CC.CC.CC.CC.CC.CC.CC.CC.CC(C)(C1CCC2CCCCC21)C1CCC2CCCCC21.CC(C)(C1CCCC1)C1C2CCCCC2C2CCCCC21.[CH3-].[CH3-].[Cl][Zr][Cl].[Cl][Zr][Cl]. The molecule has 8 aliphatic carbocycles. The predicted octanol–water partition coefficient (Wildman–Crippen LogP) is 24.8. The summed E-state index contributed by atoms with van der Waals surface area (Å²) in [7, 11) is 19.7. The molecule has 404 valence electrons. The fourth-order valence-corrected chi connectivity index (χ4v) is 15.3. The molecule has 10 unspecified atom stereocenters. The molecule has 0 spiro atoms. The third kappa shape index (κ3) is 25.0. The van der Waals surface area contributed by atoms with Crippen LogP contribution in [0.15, 0.2) is 0 Å². The monoisotopic (exact) mass is 1170 g/mol. The van der Waals surface area contributed by atoms with Gasteiger partial charge in [0, 0.05) is 0 Å². The number of hydrogen-bond acceptors (Lipinski definition) is 0. The van der Waals surface area contributed by atoms with Crippen molar-refractivity contribution in [3.8, 4) is 0 Å². The van der Waals surface area contributed by atoms with Gasteiger partial charge in [0.25, 0.3) is 0 Å². The van der Waals surface area contributed by atoms with E-state index >= 15 is 0 Å². The predicted molar refractivity (Wildman–Crippen MR) is 307 cm³/mol. The molecule has 6 heteroatoms. The molecule has 8 fully saturated rings. The molecule has 0 bridgehead atoms. The van der Waals surface area contributed by atoms with Crippen LogP contribution in [0, 0.1) is 96.7 Å². The summed E-state index contributed by atoms with van der Waals surface area (Å²) >= 11 is -1.65. The Kier molecular flexibility index (Phi) is 62.6. The molecule has 66 heavy (non-hydrogen) atoms. The van der Waals surface area contributed by atoms with Gasteiger partial charge in [0.15, 0.2) is 0 Å². The summed E-state index contributed by atoms with van der Waals surface area (Å²) in [5.74, 6) is 13.2. The van der Waals surface area contributed by atoms with E-state index in [2.05, 4.69) is 27.7 Å². The van der Waals surface area contributed by atoms with E-state index in [-0.39, 0.29) is 14.9 Å². The second kappa shape index (κ2) is 51.4. The number of fused-ring (bicyclic) bond motifs is 5. The van der Waals surface area contributed by atoms with Crippen molar-refractivity contribution in [1.82, 2.24) is 0 Å². The summed E-state index contributed by atoms with van der Waals surface area (Å²) in [6, 6.07) is 0. The Labute approximate surface area is 460 Å². The van der Waals surface area contributed by atoms with E-state index in [4.69, 9.17) is 34.1 Å². The third-order valence-corrected chi connectivity index (χ3v) is 17.1. The summed E-state index contributed by atoms with van der Waals surface area (Å²) in [4.78, 5) is 0. The van der Waals surface area contributed by atoms with Crippen molar-refractivity contribution in [3.63, 3.8) is 0 Å². The van der Waals surface area contributed by atoms with Crippen molar-refractivity contribution < 1.29 is 41.7 Å². The van der Waals surface area contributed by atoms with Crippen LogP contribution in [0.2, 0.25) is 0 Å². The topological polar surface area (TPSA) is 0 Å². The van der Waals surface area contributed by atoms with E-state index in [0.29, 0.717) is 10.8 Å². The number of rotatable bonds is 4. The van der Waals surface area contributed by atoms with Crippen LogP contribution in [0.4, 0.5) is 0 Å². The molecular weight excluding hydrogens is 1040 g/mol. The van der Waals surface area contributed by atoms with E-state index in [1.165, 1.54) is 64.2 Å². The fraction of sp³-hybridized carbons (Fsp3) is 0.967. The summed E-state index contributed by atoms with van der Waals surface area (Å²) in [5.41, 5.74) is 1.26. The van der Waals surface area contributed by atoms with Gasteiger partial charge in [-0.3, -0.25) is 0 Å². The van der Waals surface area contributed by atoms with Crippen molar-refractivity contribution in [2.24, 2.45) is 81.8 Å². The summed E-state index contributed by atoms with van der Waals surface area (Å²) in [6.07, 6.45) is 37.3. The molecule has 0 aromatic heterocycles. The van der Waals surface area contributed by atoms with Gasteiger partial charge in [-0.2, -0.15) is 0 Å². The Morgan fingerprint density at radius 1 is 0.288 bits per heavy atom. The van der Waals surface area contributed by atoms with Gasteiger partial charge in [0.2, 0.25) is 0 Å². The molecule has 0 nitrogen and oxygen atoms in total. The number of halogens is 4. The zero-order valence-corrected chi connectivity index (χ0v) is 57.4. The molecule has 0 amide bonds. The molecular formula is C60H126Cl4Zr2-2. The van der Waals surface area contributed by atoms with E-state index in [1.807, 2.05) is 111 Å². The van der Waals surface area contributed by atoms with Crippen molar-refractivity contribution in [3.05, 3.63) is 14.9 Å². The van der Waals surface area contributed by atoms with Crippen LogP contribution >= 0.6 is 34.1 Å². The van der Waals surface area contributed by atoms with Crippen molar-refractivity contribution in [2.45, 2.75) is 293 Å². The summed E-state index contributed by atoms with van der Waals surface area (Å²) < 4.78 is 0. The molecule has 10 atom stereocenters. The van der Waals surface area contributed by atoms with Gasteiger partial charge >= 0.3 is 75.7 Å². The van der Waals surface area contributed by atoms with E-state index < -0.39 is 41.7 Å². The van der Waals surface area contributed by atoms with Gasteiger partial charge in [-0.05, 0) is 159 Å². The second-order valence-electron chi connectivity index (χ2n) is 19.3. The molecule has 8 rings (SSSR count). The van der Waals surface area contributed by atoms with Crippen LogP contribution in [0.5, 0.6) is 0 Å². The molecule has 0 aromatic rings. The molecule has 0 saturated heterocycles. The van der Waals surface area contributed by atoms with Crippen LogP contribution < -0.4 is 0 Å². The first kappa shape index (κ1) is 80.3. The molecule has 0 radical (unpaired) electrons. The van der Waals surface area contributed by atoms with Crippen LogP contribution in [0.3, 0.4) is 0 Å². The zero-order chi connectivity index (χ0) is 50.3. The first-order valence-corrected chi connectivity index (χ1v) is 41.8. The van der Waals surface area contributed by atoms with E-state index in [1.54, 1.807) is 89.9 Å². The molecule has 0 aromatic carbocycles. The quantitative estimate of drug-likeness (QED) is 0.246. The average molecular weight is 1170 g/mol. The molecule has 8 aliphatic rings. The molecule has 8 saturated carbocycles. The summed E-state index contributed by atoms with van der Waals surface area (Å²) in [5, 5.41) is 0. The Hall–Kier alpha value is 2.93. The fourth-order valence-electron chi connectivity index (χ4n) is 15.3. The molecule has 0 aliphatic heterocycles. The van der Waals surface area contributed by atoms with Crippen LogP contribution in [-0.4, -0.2) is 0 Å². The van der Waals surface area contributed by atoms with Gasteiger partial charge in [0.05, 0.1) is 0 Å². The first-order chi connectivity index (χ1) is 31.2. The zero-order valence-electron chi connectivity index (χ0n) is 49.4. The van der Waals surface area contributed by atoms with Gasteiger partial charge < -0.3 is 14.9 Å². The van der Waals surface area contributed by atoms with Crippen LogP contribution in [0.25, 0.3) is 0 Å². The van der Waals surface area contributed by atoms with Gasteiger partial charge in [-0.1, -0.05) is 216 Å². The molecule has 0 N–H and O–H groups in total. The minimum atomic E-state index is -0.826. The van der Waals surface area contributed by atoms with Gasteiger partial charge in [0.1, 0.15) is 0 Å². The van der Waals surface area contributed by atoms with Crippen LogP contribution in [-0.2, 0) is 41.7 Å². The Morgan fingerprint density at radius 2 is 0.515 bits per heavy atom. The van der Waals surface area contributed by atoms with Crippen molar-refractivity contribution >= 4 is 34.1 Å². The Morgan fingerprint density at radius 3 is 0.803 bits per heavy atom. The first-order valence-electron chi connectivity index (χ1n) is 29.1. The second-order valence-corrected chi connectivity index (χ2v) is 26.8. The van der Waals surface area contributed by atoms with Crippen molar-refractivity contribution in [2.75, 3.05) is 0 Å². The molecule has 0 heterocycles. The Bertz CT molecular complexity index is 880. The Balaban J connectivity index is -0.000000188. The van der Waals surface area contributed by atoms with Crippen LogP contribution in [0.1, 0.15) is 293 Å². The maximum atomic E-state index is 4.93. The average Bonchev–Trinajstić information content (AvgIpc) is 4.21. The van der Waals surface area contributed by atoms with Gasteiger partial charge in [-0.25, -0.2) is 0 Å². The summed E-state index contributed by atoms with van der Waals surface area (Å²) in [6.45, 7) is 42.8. The maximum absolute atomic E-state index is 4.93. The normalized spacial score (nSPS) is 30.3. The van der Waals surface area contributed by atoms with E-state index in [9.17, 15) is 0 Å². The minimum absolute atomic E-state index is 0. The van der Waals surface area contributed by atoms with Gasteiger partial charge in [-0.15, -0.1) is 0 Å². The number of hydrogen-bond donors (Lipinski definition) is 0.